The molecule has 7 heteroatoms. The van der Waals surface area contributed by atoms with E-state index in [0.717, 1.165) is 5.56 Å². The maximum atomic E-state index is 12.1. The van der Waals surface area contributed by atoms with Crippen LogP contribution in [-0.4, -0.2) is 18.6 Å². The molecule has 0 saturated heterocycles. The third kappa shape index (κ3) is 3.34. The quantitative estimate of drug-likeness (QED) is 0.890. The summed E-state index contributed by atoms with van der Waals surface area (Å²) in [5, 5.41) is 6.75. The van der Waals surface area contributed by atoms with Crippen molar-refractivity contribution in [2.75, 3.05) is 0 Å². The third-order valence-electron chi connectivity index (χ3n) is 2.76. The Hall–Kier alpha value is -1.37. The second-order valence-electron chi connectivity index (χ2n) is 4.07. The lowest BCUT2D eigenvalue weighted by molar-refractivity contribution is 0.550. The summed E-state index contributed by atoms with van der Waals surface area (Å²) in [6.07, 6.45) is 3.26. The summed E-state index contributed by atoms with van der Waals surface area (Å²) in [7, 11) is -3.56. The second-order valence-corrected chi connectivity index (χ2v) is 6.22. The van der Waals surface area contributed by atoms with Crippen LogP contribution in [0.2, 0.25) is 5.02 Å². The summed E-state index contributed by atoms with van der Waals surface area (Å²) in [4.78, 5) is 0.125. The molecule has 0 saturated carbocycles. The molecule has 1 heterocycles. The van der Waals surface area contributed by atoms with Crippen LogP contribution in [0.15, 0.2) is 41.6 Å². The third-order valence-corrected chi connectivity index (χ3v) is 4.45. The van der Waals surface area contributed by atoms with Crippen molar-refractivity contribution in [2.45, 2.75) is 24.3 Å². The minimum absolute atomic E-state index is 0.125. The number of aromatic nitrogens is 2. The number of aromatic amines is 1. The number of halogens is 1. The average molecular weight is 300 g/mol. The maximum Gasteiger partial charge on any atom is 0.244 e. The predicted molar refractivity (Wildman–Crippen MR) is 73.4 cm³/mol. The van der Waals surface area contributed by atoms with E-state index in [-0.39, 0.29) is 10.9 Å². The van der Waals surface area contributed by atoms with Gasteiger partial charge in [0, 0.05) is 17.3 Å². The highest BCUT2D eigenvalue weighted by Gasteiger charge is 2.20. The lowest BCUT2D eigenvalue weighted by atomic mass is 10.1. The molecule has 0 aliphatic rings. The molecule has 2 N–H and O–H groups in total. The summed E-state index contributed by atoms with van der Waals surface area (Å²) < 4.78 is 26.9. The van der Waals surface area contributed by atoms with Crippen molar-refractivity contribution in [2.24, 2.45) is 0 Å². The molecule has 0 aliphatic carbocycles. The molecule has 1 aromatic carbocycles. The van der Waals surface area contributed by atoms with Crippen LogP contribution in [0.5, 0.6) is 0 Å². The van der Waals surface area contributed by atoms with E-state index < -0.39 is 10.0 Å². The highest BCUT2D eigenvalue weighted by atomic mass is 35.5. The number of hydrogen-bond donors (Lipinski definition) is 2. The van der Waals surface area contributed by atoms with Crippen LogP contribution in [0.3, 0.4) is 0 Å². The van der Waals surface area contributed by atoms with Gasteiger partial charge in [-0.05, 0) is 24.1 Å². The van der Waals surface area contributed by atoms with Gasteiger partial charge in [-0.25, -0.2) is 13.1 Å². The highest BCUT2D eigenvalue weighted by Crippen LogP contribution is 2.21. The first-order valence-electron chi connectivity index (χ1n) is 5.79. The molecule has 0 amide bonds. The van der Waals surface area contributed by atoms with Crippen molar-refractivity contribution in [1.82, 2.24) is 14.9 Å². The van der Waals surface area contributed by atoms with Gasteiger partial charge in [-0.2, -0.15) is 5.10 Å². The summed E-state index contributed by atoms with van der Waals surface area (Å²) >= 11 is 5.82. The fourth-order valence-electron chi connectivity index (χ4n) is 1.72. The summed E-state index contributed by atoms with van der Waals surface area (Å²) in [6, 6.07) is 6.82. The van der Waals surface area contributed by atoms with Gasteiger partial charge < -0.3 is 0 Å². The smallest absolute Gasteiger partial charge is 0.244 e. The van der Waals surface area contributed by atoms with Gasteiger partial charge in [0.1, 0.15) is 4.90 Å². The van der Waals surface area contributed by atoms with Gasteiger partial charge in [-0.15, -0.1) is 0 Å². The van der Waals surface area contributed by atoms with E-state index in [0.29, 0.717) is 11.4 Å². The Labute approximate surface area is 117 Å². The number of sulfonamides is 1. The van der Waals surface area contributed by atoms with Crippen molar-refractivity contribution in [3.05, 3.63) is 47.2 Å². The molecule has 0 fully saturated rings. The molecule has 1 atom stereocenters. The number of hydrogen-bond acceptors (Lipinski definition) is 3. The standard InChI is InChI=1S/C12H14ClN3O2S/c1-2-12(9-3-5-10(13)6-4-9)16-19(17,18)11-7-14-15-8-11/h3-8,12,16H,2H2,1H3,(H,14,15). The van der Waals surface area contributed by atoms with Gasteiger partial charge in [-0.1, -0.05) is 30.7 Å². The Morgan fingerprint density at radius 3 is 2.58 bits per heavy atom. The fourth-order valence-corrected chi connectivity index (χ4v) is 3.06. The normalized spacial score (nSPS) is 13.4. The number of H-pyrrole nitrogens is 1. The Bertz CT molecular complexity index is 624. The van der Waals surface area contributed by atoms with Gasteiger partial charge in [0.15, 0.2) is 0 Å². The van der Waals surface area contributed by atoms with Crippen molar-refractivity contribution in [3.63, 3.8) is 0 Å². The monoisotopic (exact) mass is 299 g/mol. The predicted octanol–water partition coefficient (Wildman–Crippen LogP) is 2.49. The lowest BCUT2D eigenvalue weighted by Gasteiger charge is -2.16. The molecule has 1 unspecified atom stereocenters. The van der Waals surface area contributed by atoms with E-state index in [1.54, 1.807) is 12.1 Å². The first kappa shape index (κ1) is 14.0. The molecule has 1 aromatic heterocycles. The van der Waals surface area contributed by atoms with Gasteiger partial charge >= 0.3 is 0 Å². The highest BCUT2D eigenvalue weighted by molar-refractivity contribution is 7.89. The van der Waals surface area contributed by atoms with E-state index in [1.165, 1.54) is 12.4 Å². The van der Waals surface area contributed by atoms with E-state index >= 15 is 0 Å². The molecular formula is C12H14ClN3O2S. The van der Waals surface area contributed by atoms with Crippen LogP contribution in [0, 0.1) is 0 Å². The summed E-state index contributed by atoms with van der Waals surface area (Å²) in [5.74, 6) is 0. The van der Waals surface area contributed by atoms with E-state index in [2.05, 4.69) is 14.9 Å². The fraction of sp³-hybridized carbons (Fsp3) is 0.250. The van der Waals surface area contributed by atoms with Crippen molar-refractivity contribution in [3.8, 4) is 0 Å². The average Bonchev–Trinajstić information content (AvgIpc) is 2.92. The van der Waals surface area contributed by atoms with Crippen molar-refractivity contribution < 1.29 is 8.42 Å². The van der Waals surface area contributed by atoms with Crippen molar-refractivity contribution in [1.29, 1.82) is 0 Å². The zero-order valence-electron chi connectivity index (χ0n) is 10.3. The molecule has 2 aromatic rings. The first-order valence-corrected chi connectivity index (χ1v) is 7.65. The topological polar surface area (TPSA) is 74.8 Å². The zero-order chi connectivity index (χ0) is 13.9. The number of rotatable bonds is 5. The van der Waals surface area contributed by atoms with Gasteiger partial charge in [-0.3, -0.25) is 5.10 Å². The van der Waals surface area contributed by atoms with Crippen LogP contribution in [0.25, 0.3) is 0 Å². The van der Waals surface area contributed by atoms with Crippen LogP contribution >= 0.6 is 11.6 Å². The molecular weight excluding hydrogens is 286 g/mol. The van der Waals surface area contributed by atoms with Crippen LogP contribution in [0.4, 0.5) is 0 Å². The number of nitrogens with zero attached hydrogens (tertiary/aromatic N) is 1. The minimum atomic E-state index is -3.56. The Morgan fingerprint density at radius 2 is 2.05 bits per heavy atom. The zero-order valence-corrected chi connectivity index (χ0v) is 11.9. The molecule has 0 aliphatic heterocycles. The SMILES string of the molecule is CCC(NS(=O)(=O)c1cn[nH]c1)c1ccc(Cl)cc1. The molecule has 0 radical (unpaired) electrons. The molecule has 0 spiro atoms. The van der Waals surface area contributed by atoms with Gasteiger partial charge in [0.25, 0.3) is 0 Å². The molecule has 2 rings (SSSR count). The van der Waals surface area contributed by atoms with Crippen LogP contribution < -0.4 is 4.72 Å². The molecule has 102 valence electrons. The number of nitrogens with one attached hydrogen (secondary N) is 2. The van der Waals surface area contributed by atoms with Gasteiger partial charge in [0.2, 0.25) is 10.0 Å². The lowest BCUT2D eigenvalue weighted by Crippen LogP contribution is -2.28. The van der Waals surface area contributed by atoms with E-state index in [9.17, 15) is 8.42 Å². The second kappa shape index (κ2) is 5.73. The Balaban J connectivity index is 2.22. The van der Waals surface area contributed by atoms with E-state index in [1.807, 2.05) is 19.1 Å². The Morgan fingerprint density at radius 1 is 1.37 bits per heavy atom. The first-order chi connectivity index (χ1) is 9.03. The summed E-state index contributed by atoms with van der Waals surface area (Å²) in [6.45, 7) is 1.91. The number of benzene rings is 1. The van der Waals surface area contributed by atoms with Crippen LogP contribution in [0.1, 0.15) is 24.9 Å². The molecule has 19 heavy (non-hydrogen) atoms. The minimum Gasteiger partial charge on any atom is -0.284 e. The largest absolute Gasteiger partial charge is 0.284 e. The van der Waals surface area contributed by atoms with Gasteiger partial charge in [0.05, 0.1) is 6.20 Å². The Kier molecular flexibility index (Phi) is 4.24. The summed E-state index contributed by atoms with van der Waals surface area (Å²) in [5.41, 5.74) is 0.874. The van der Waals surface area contributed by atoms with Crippen molar-refractivity contribution >= 4 is 21.6 Å². The van der Waals surface area contributed by atoms with Crippen LogP contribution in [-0.2, 0) is 10.0 Å². The maximum absolute atomic E-state index is 12.1. The molecule has 5 nitrogen and oxygen atoms in total. The molecule has 0 bridgehead atoms. The van der Waals surface area contributed by atoms with E-state index in [4.69, 9.17) is 11.6 Å².